The summed E-state index contributed by atoms with van der Waals surface area (Å²) in [5.41, 5.74) is 1.99. The topological polar surface area (TPSA) is 20.2 Å². The number of benzene rings is 2. The zero-order chi connectivity index (χ0) is 13.0. The van der Waals surface area contributed by atoms with Crippen molar-refractivity contribution in [1.29, 1.82) is 0 Å². The first kappa shape index (κ1) is 13.1. The molecule has 0 radical (unpaired) electrons. The predicted octanol–water partition coefficient (Wildman–Crippen LogP) is 3.80. The first-order valence-electron chi connectivity index (χ1n) is 5.80. The minimum absolute atomic E-state index is 0.0193. The van der Waals surface area contributed by atoms with Crippen molar-refractivity contribution in [2.75, 3.05) is 6.61 Å². The molecule has 0 aliphatic rings. The van der Waals surface area contributed by atoms with Gasteiger partial charge in [-0.25, -0.2) is 4.39 Å². The Bertz CT molecular complexity index is 510. The summed E-state index contributed by atoms with van der Waals surface area (Å²) in [7, 11) is 0. The maximum Gasteiger partial charge on any atom is 0.123 e. The van der Waals surface area contributed by atoms with Gasteiger partial charge in [-0.3, -0.25) is 0 Å². The van der Waals surface area contributed by atoms with Crippen LogP contribution < -0.4 is 0 Å². The third-order valence-electron chi connectivity index (χ3n) is 2.94. The van der Waals surface area contributed by atoms with E-state index in [2.05, 4.69) is 0 Å². The van der Waals surface area contributed by atoms with Crippen molar-refractivity contribution in [2.24, 2.45) is 0 Å². The molecule has 0 aromatic heterocycles. The van der Waals surface area contributed by atoms with Gasteiger partial charge in [0, 0.05) is 10.9 Å². The number of aliphatic hydroxyl groups excluding tert-OH is 1. The second-order valence-electron chi connectivity index (χ2n) is 4.27. The number of hydrogen-bond donors (Lipinski definition) is 1. The zero-order valence-electron chi connectivity index (χ0n) is 9.81. The van der Waals surface area contributed by atoms with Gasteiger partial charge in [0.2, 0.25) is 0 Å². The molecule has 0 heterocycles. The van der Waals surface area contributed by atoms with Gasteiger partial charge in [0.15, 0.2) is 0 Å². The molecule has 1 unspecified atom stereocenters. The first-order valence-corrected chi connectivity index (χ1v) is 6.17. The monoisotopic (exact) mass is 264 g/mol. The van der Waals surface area contributed by atoms with Crippen LogP contribution in [0.15, 0.2) is 48.5 Å². The van der Waals surface area contributed by atoms with Crippen LogP contribution in [0.3, 0.4) is 0 Å². The van der Waals surface area contributed by atoms with Gasteiger partial charge in [-0.1, -0.05) is 35.9 Å². The molecular weight excluding hydrogens is 251 g/mol. The Hall–Kier alpha value is -1.38. The maximum absolute atomic E-state index is 12.8. The molecule has 0 amide bonds. The van der Waals surface area contributed by atoms with Gasteiger partial charge in [0.1, 0.15) is 5.82 Å². The van der Waals surface area contributed by atoms with E-state index in [9.17, 15) is 9.50 Å². The molecule has 0 aliphatic heterocycles. The zero-order valence-corrected chi connectivity index (χ0v) is 10.6. The lowest BCUT2D eigenvalue weighted by atomic mass is 9.93. The minimum atomic E-state index is -0.248. The Labute approximate surface area is 111 Å². The minimum Gasteiger partial charge on any atom is -0.396 e. The van der Waals surface area contributed by atoms with Crippen molar-refractivity contribution in [3.8, 4) is 0 Å². The van der Waals surface area contributed by atoms with Gasteiger partial charge in [-0.05, 0) is 41.8 Å². The van der Waals surface area contributed by atoms with Crippen molar-refractivity contribution in [3.63, 3.8) is 0 Å². The summed E-state index contributed by atoms with van der Waals surface area (Å²) in [6.07, 6.45) is 0.664. The summed E-state index contributed by atoms with van der Waals surface area (Å²) in [4.78, 5) is 0. The predicted molar refractivity (Wildman–Crippen MR) is 71.4 cm³/mol. The fourth-order valence-electron chi connectivity index (χ4n) is 1.95. The summed E-state index contributed by atoms with van der Waals surface area (Å²) in [5.74, 6) is -0.267. The molecule has 94 valence electrons. The molecule has 1 nitrogen and oxygen atoms in total. The van der Waals surface area contributed by atoms with Gasteiger partial charge in [0.25, 0.3) is 0 Å². The second kappa shape index (κ2) is 5.98. The molecule has 18 heavy (non-hydrogen) atoms. The van der Waals surface area contributed by atoms with Crippen LogP contribution in [0.4, 0.5) is 4.39 Å². The average Bonchev–Trinajstić information content (AvgIpc) is 2.38. The van der Waals surface area contributed by atoms with Crippen LogP contribution in [0.25, 0.3) is 0 Å². The Morgan fingerprint density at radius 2 is 1.83 bits per heavy atom. The highest BCUT2D eigenvalue weighted by atomic mass is 35.5. The summed E-state index contributed by atoms with van der Waals surface area (Å²) in [5, 5.41) is 10.1. The van der Waals surface area contributed by atoms with Gasteiger partial charge in [-0.15, -0.1) is 0 Å². The molecule has 1 atom stereocenters. The molecule has 2 aromatic carbocycles. The number of halogens is 2. The van der Waals surface area contributed by atoms with Gasteiger partial charge >= 0.3 is 0 Å². The van der Waals surface area contributed by atoms with E-state index in [1.54, 1.807) is 18.2 Å². The number of rotatable bonds is 4. The number of aliphatic hydroxyl groups is 1. The second-order valence-corrected chi connectivity index (χ2v) is 4.70. The maximum atomic E-state index is 12.8. The van der Waals surface area contributed by atoms with E-state index in [1.165, 1.54) is 12.1 Å². The molecule has 3 heteroatoms. The number of hydrogen-bond acceptors (Lipinski definition) is 1. The van der Waals surface area contributed by atoms with Crippen molar-refractivity contribution in [1.82, 2.24) is 0 Å². The molecule has 0 saturated heterocycles. The summed E-state index contributed by atoms with van der Waals surface area (Å²) < 4.78 is 12.8. The van der Waals surface area contributed by atoms with Gasteiger partial charge in [0.05, 0.1) is 6.61 Å². The summed E-state index contributed by atoms with van der Waals surface area (Å²) in [6, 6.07) is 13.8. The van der Waals surface area contributed by atoms with E-state index in [1.807, 2.05) is 18.2 Å². The third-order valence-corrected chi connectivity index (χ3v) is 3.17. The fraction of sp³-hybridized carbons (Fsp3) is 0.200. The van der Waals surface area contributed by atoms with Crippen molar-refractivity contribution in [3.05, 3.63) is 70.5 Å². The van der Waals surface area contributed by atoms with Crippen molar-refractivity contribution in [2.45, 2.75) is 12.3 Å². The molecule has 0 bridgehead atoms. The summed E-state index contributed by atoms with van der Waals surface area (Å²) in [6.45, 7) is 0.0394. The quantitative estimate of drug-likeness (QED) is 0.891. The lowest BCUT2D eigenvalue weighted by Gasteiger charge is -2.15. The Balaban J connectivity index is 2.17. The molecule has 2 aromatic rings. The van der Waals surface area contributed by atoms with Crippen molar-refractivity contribution >= 4 is 11.6 Å². The van der Waals surface area contributed by atoms with E-state index in [4.69, 9.17) is 11.6 Å². The molecule has 0 saturated carbocycles. The third kappa shape index (κ3) is 3.31. The van der Waals surface area contributed by atoms with E-state index < -0.39 is 0 Å². The highest BCUT2D eigenvalue weighted by Gasteiger charge is 2.11. The lowest BCUT2D eigenvalue weighted by Crippen LogP contribution is -2.07. The van der Waals surface area contributed by atoms with Crippen LogP contribution >= 0.6 is 11.6 Å². The van der Waals surface area contributed by atoms with Crippen LogP contribution in [0.2, 0.25) is 5.02 Å². The van der Waals surface area contributed by atoms with Crippen LogP contribution in [-0.2, 0) is 6.42 Å². The molecule has 2 rings (SSSR count). The van der Waals surface area contributed by atoms with E-state index >= 15 is 0 Å². The van der Waals surface area contributed by atoms with Crippen LogP contribution in [0.5, 0.6) is 0 Å². The Morgan fingerprint density at radius 3 is 2.44 bits per heavy atom. The van der Waals surface area contributed by atoms with Gasteiger partial charge in [-0.2, -0.15) is 0 Å². The molecule has 1 N–H and O–H groups in total. The SMILES string of the molecule is OCC(Cc1ccc(F)cc1)c1cccc(Cl)c1. The van der Waals surface area contributed by atoms with Gasteiger partial charge < -0.3 is 5.11 Å². The highest BCUT2D eigenvalue weighted by Crippen LogP contribution is 2.23. The molecular formula is C15H14ClFO. The Morgan fingerprint density at radius 1 is 1.11 bits per heavy atom. The smallest absolute Gasteiger partial charge is 0.123 e. The van der Waals surface area contributed by atoms with Crippen LogP contribution in [0, 0.1) is 5.82 Å². The molecule has 0 spiro atoms. The lowest BCUT2D eigenvalue weighted by molar-refractivity contribution is 0.264. The fourth-order valence-corrected chi connectivity index (χ4v) is 2.15. The van der Waals surface area contributed by atoms with E-state index in [0.717, 1.165) is 11.1 Å². The van der Waals surface area contributed by atoms with Crippen LogP contribution in [0.1, 0.15) is 17.0 Å². The molecule has 0 aliphatic carbocycles. The highest BCUT2D eigenvalue weighted by molar-refractivity contribution is 6.30. The largest absolute Gasteiger partial charge is 0.396 e. The molecule has 0 fully saturated rings. The standard InChI is InChI=1S/C15H14ClFO/c16-14-3-1-2-12(9-14)13(10-18)8-11-4-6-15(17)7-5-11/h1-7,9,13,18H,8,10H2. The normalized spacial score (nSPS) is 12.4. The van der Waals surface area contributed by atoms with E-state index in [-0.39, 0.29) is 18.3 Å². The first-order chi connectivity index (χ1) is 8.69. The van der Waals surface area contributed by atoms with E-state index in [0.29, 0.717) is 11.4 Å². The van der Waals surface area contributed by atoms with Crippen LogP contribution in [-0.4, -0.2) is 11.7 Å². The Kier molecular flexibility index (Phi) is 4.34. The summed E-state index contributed by atoms with van der Waals surface area (Å²) >= 11 is 5.94. The van der Waals surface area contributed by atoms with Crippen molar-refractivity contribution < 1.29 is 9.50 Å². The average molecular weight is 265 g/mol.